The summed E-state index contributed by atoms with van der Waals surface area (Å²) < 4.78 is 44.4. The van der Waals surface area contributed by atoms with Gasteiger partial charge in [0.2, 0.25) is 0 Å². The number of pyridine rings is 1. The Balaban J connectivity index is 1.57. The van der Waals surface area contributed by atoms with E-state index in [0.29, 0.717) is 30.4 Å². The van der Waals surface area contributed by atoms with Gasteiger partial charge < -0.3 is 19.8 Å². The molecule has 1 aliphatic rings. The van der Waals surface area contributed by atoms with Gasteiger partial charge in [-0.1, -0.05) is 23.7 Å². The third-order valence-corrected chi connectivity index (χ3v) is 6.98. The van der Waals surface area contributed by atoms with Crippen LogP contribution < -0.4 is 9.64 Å². The van der Waals surface area contributed by atoms with Crippen molar-refractivity contribution in [2.75, 3.05) is 44.3 Å². The van der Waals surface area contributed by atoms with E-state index in [-0.39, 0.29) is 31.5 Å². The molecule has 0 radical (unpaired) electrons. The van der Waals surface area contributed by atoms with E-state index in [2.05, 4.69) is 14.8 Å². The van der Waals surface area contributed by atoms with Crippen LogP contribution in [0.15, 0.2) is 60.8 Å². The highest BCUT2D eigenvalue weighted by atomic mass is 35.5. The molecule has 1 fully saturated rings. The molecule has 2 aromatic carbocycles. The molecule has 10 heteroatoms. The molecule has 4 rings (SSSR count). The number of aromatic nitrogens is 1. The van der Waals surface area contributed by atoms with Gasteiger partial charge in [0.1, 0.15) is 18.0 Å². The summed E-state index contributed by atoms with van der Waals surface area (Å²) in [6, 6.07) is 15.6. The minimum absolute atomic E-state index is 0.0623. The van der Waals surface area contributed by atoms with E-state index >= 15 is 0 Å². The standard InChI is InChI=1S/C28H31ClF3N3O3/c1-19-15-23(38-14-13-36)8-9-24(19)35-12-11-34(17-25(35)20-3-6-22(29)7-4-20)18-27(2,37)26-10-5-21(16-33-26)28(30,31)32/h3-10,15-16,25,36-37H,11-14,17-18H2,1-2H3/t25-,27+/m0/s1. The maximum absolute atomic E-state index is 13.0. The number of piperazine rings is 1. The van der Waals surface area contributed by atoms with Crippen molar-refractivity contribution >= 4 is 17.3 Å². The highest BCUT2D eigenvalue weighted by Crippen LogP contribution is 2.36. The predicted octanol–water partition coefficient (Wildman–Crippen LogP) is 5.20. The van der Waals surface area contributed by atoms with E-state index < -0.39 is 17.3 Å². The Hall–Kier alpha value is -2.85. The van der Waals surface area contributed by atoms with Crippen molar-refractivity contribution in [1.29, 1.82) is 0 Å². The fourth-order valence-electron chi connectivity index (χ4n) is 4.84. The lowest BCUT2D eigenvalue weighted by Crippen LogP contribution is -2.52. The topological polar surface area (TPSA) is 69.1 Å². The van der Waals surface area contributed by atoms with Gasteiger partial charge in [0, 0.05) is 43.1 Å². The Morgan fingerprint density at radius 3 is 2.42 bits per heavy atom. The largest absolute Gasteiger partial charge is 0.491 e. The van der Waals surface area contributed by atoms with Gasteiger partial charge >= 0.3 is 6.18 Å². The smallest absolute Gasteiger partial charge is 0.417 e. The maximum Gasteiger partial charge on any atom is 0.417 e. The van der Waals surface area contributed by atoms with Crippen LogP contribution in [0.1, 0.15) is 35.3 Å². The first-order valence-electron chi connectivity index (χ1n) is 12.3. The van der Waals surface area contributed by atoms with E-state index in [9.17, 15) is 18.3 Å². The number of aliphatic hydroxyl groups is 2. The third-order valence-electron chi connectivity index (χ3n) is 6.73. The quantitative estimate of drug-likeness (QED) is 0.402. The summed E-state index contributed by atoms with van der Waals surface area (Å²) in [6.07, 6.45) is -3.73. The molecule has 38 heavy (non-hydrogen) atoms. The number of aryl methyl sites for hydroxylation is 1. The minimum Gasteiger partial charge on any atom is -0.491 e. The second-order valence-electron chi connectivity index (χ2n) is 9.72. The molecule has 3 aromatic rings. The van der Waals surface area contributed by atoms with Crippen molar-refractivity contribution in [1.82, 2.24) is 9.88 Å². The molecule has 1 saturated heterocycles. The van der Waals surface area contributed by atoms with E-state index in [1.807, 2.05) is 49.4 Å². The molecule has 1 aromatic heterocycles. The van der Waals surface area contributed by atoms with Crippen molar-refractivity contribution in [3.05, 3.63) is 88.2 Å². The first-order valence-corrected chi connectivity index (χ1v) is 12.7. The zero-order valence-corrected chi connectivity index (χ0v) is 22.0. The summed E-state index contributed by atoms with van der Waals surface area (Å²) >= 11 is 6.15. The Morgan fingerprint density at radius 1 is 1.08 bits per heavy atom. The summed E-state index contributed by atoms with van der Waals surface area (Å²) in [7, 11) is 0. The number of β-amino-alcohol motifs (C(OH)–C–C–N with tert-alkyl or cyclic N) is 1. The Labute approximate surface area is 225 Å². The molecule has 2 atom stereocenters. The number of halogens is 4. The third kappa shape index (κ3) is 6.58. The summed E-state index contributed by atoms with van der Waals surface area (Å²) in [5.41, 5.74) is 0.998. The highest BCUT2D eigenvalue weighted by Gasteiger charge is 2.36. The molecule has 0 unspecified atom stereocenters. The number of alkyl halides is 3. The number of nitrogens with zero attached hydrogens (tertiary/aromatic N) is 3. The lowest BCUT2D eigenvalue weighted by Gasteiger charge is -2.45. The van der Waals surface area contributed by atoms with Crippen molar-refractivity contribution in [2.45, 2.75) is 31.7 Å². The molecule has 2 heterocycles. The summed E-state index contributed by atoms with van der Waals surface area (Å²) in [5, 5.41) is 20.9. The highest BCUT2D eigenvalue weighted by molar-refractivity contribution is 6.30. The second kappa shape index (κ2) is 11.5. The molecule has 1 aliphatic heterocycles. The zero-order valence-electron chi connectivity index (χ0n) is 21.2. The SMILES string of the molecule is Cc1cc(OCCO)ccc1N1CCN(C[C@@](C)(O)c2ccc(C(F)(F)F)cn2)C[C@H]1c1ccc(Cl)cc1. The van der Waals surface area contributed by atoms with Crippen molar-refractivity contribution < 1.29 is 28.1 Å². The van der Waals surface area contributed by atoms with Crippen LogP contribution in [0, 0.1) is 6.92 Å². The summed E-state index contributed by atoms with van der Waals surface area (Å²) in [5.74, 6) is 0.682. The van der Waals surface area contributed by atoms with Gasteiger partial charge in [-0.2, -0.15) is 13.2 Å². The number of benzene rings is 2. The lowest BCUT2D eigenvalue weighted by atomic mass is 9.96. The maximum atomic E-state index is 13.0. The fourth-order valence-corrected chi connectivity index (χ4v) is 4.97. The average Bonchev–Trinajstić information content (AvgIpc) is 2.87. The van der Waals surface area contributed by atoms with Gasteiger partial charge in [-0.15, -0.1) is 0 Å². The van der Waals surface area contributed by atoms with Gasteiger partial charge in [0.05, 0.1) is 23.9 Å². The van der Waals surface area contributed by atoms with Gasteiger partial charge in [0.15, 0.2) is 0 Å². The molecular weight excluding hydrogens is 519 g/mol. The number of hydrogen-bond acceptors (Lipinski definition) is 6. The van der Waals surface area contributed by atoms with Crippen LogP contribution in [-0.2, 0) is 11.8 Å². The van der Waals surface area contributed by atoms with Crippen LogP contribution in [0.25, 0.3) is 0 Å². The molecule has 2 N–H and O–H groups in total. The molecule has 204 valence electrons. The molecule has 0 saturated carbocycles. The average molecular weight is 550 g/mol. The second-order valence-corrected chi connectivity index (χ2v) is 10.2. The van der Waals surface area contributed by atoms with E-state index in [4.69, 9.17) is 21.4 Å². The van der Waals surface area contributed by atoms with Crippen LogP contribution in [0.5, 0.6) is 5.75 Å². The first-order chi connectivity index (χ1) is 18.0. The van der Waals surface area contributed by atoms with Crippen molar-refractivity contribution in [3.63, 3.8) is 0 Å². The van der Waals surface area contributed by atoms with Crippen LogP contribution in [0.3, 0.4) is 0 Å². The van der Waals surface area contributed by atoms with Crippen molar-refractivity contribution in [2.24, 2.45) is 0 Å². The normalized spacial score (nSPS) is 18.3. The fraction of sp³-hybridized carbons (Fsp3) is 0.393. The number of aliphatic hydroxyl groups excluding tert-OH is 1. The van der Waals surface area contributed by atoms with E-state index in [1.165, 1.54) is 6.07 Å². The van der Waals surface area contributed by atoms with E-state index in [0.717, 1.165) is 29.1 Å². The van der Waals surface area contributed by atoms with E-state index in [1.54, 1.807) is 6.92 Å². The molecule has 0 amide bonds. The molecular formula is C28H31ClF3N3O3. The van der Waals surface area contributed by atoms with Crippen LogP contribution in [0.2, 0.25) is 5.02 Å². The summed E-state index contributed by atoms with van der Waals surface area (Å²) in [6.45, 7) is 5.79. The zero-order chi connectivity index (χ0) is 27.5. The molecule has 6 nitrogen and oxygen atoms in total. The number of hydrogen-bond donors (Lipinski definition) is 2. The van der Waals surface area contributed by atoms with Crippen molar-refractivity contribution in [3.8, 4) is 5.75 Å². The number of anilines is 1. The predicted molar refractivity (Wildman–Crippen MR) is 141 cm³/mol. The number of ether oxygens (including phenoxy) is 1. The first kappa shape index (κ1) is 28.2. The Kier molecular flexibility index (Phi) is 8.52. The summed E-state index contributed by atoms with van der Waals surface area (Å²) in [4.78, 5) is 8.33. The molecule has 0 bridgehead atoms. The monoisotopic (exact) mass is 549 g/mol. The van der Waals surface area contributed by atoms with Gasteiger partial charge in [-0.25, -0.2) is 0 Å². The number of rotatable bonds is 8. The van der Waals surface area contributed by atoms with Crippen LogP contribution in [-0.4, -0.2) is 59.5 Å². The minimum atomic E-state index is -4.49. The van der Waals surface area contributed by atoms with Gasteiger partial charge in [0.25, 0.3) is 0 Å². The van der Waals surface area contributed by atoms with Gasteiger partial charge in [-0.3, -0.25) is 9.88 Å². The molecule has 0 aliphatic carbocycles. The van der Waals surface area contributed by atoms with Gasteiger partial charge in [-0.05, 0) is 67.4 Å². The molecule has 0 spiro atoms. The van der Waals surface area contributed by atoms with Crippen LogP contribution in [0.4, 0.5) is 18.9 Å². The Bertz CT molecular complexity index is 1220. The van der Waals surface area contributed by atoms with Crippen LogP contribution >= 0.6 is 11.6 Å². The Morgan fingerprint density at radius 2 is 1.82 bits per heavy atom. The lowest BCUT2D eigenvalue weighted by molar-refractivity contribution is -0.137.